The fourth-order valence-electron chi connectivity index (χ4n) is 2.68. The van der Waals surface area contributed by atoms with Crippen LogP contribution in [0.15, 0.2) is 72.8 Å². The molecule has 3 rings (SSSR count). The van der Waals surface area contributed by atoms with Gasteiger partial charge in [-0.15, -0.1) is 0 Å². The number of nitrogens with zero attached hydrogens (tertiary/aromatic N) is 2. The smallest absolute Gasteiger partial charge is 0.0409 e. The highest BCUT2D eigenvalue weighted by Gasteiger charge is 2.05. The molecule has 24 heavy (non-hydrogen) atoms. The number of rotatable bonds is 4. The Bertz CT molecular complexity index is 788. The van der Waals surface area contributed by atoms with E-state index in [0.717, 1.165) is 17.1 Å². The van der Waals surface area contributed by atoms with E-state index in [1.165, 1.54) is 16.8 Å². The number of hydrogen-bond donors (Lipinski definition) is 1. The van der Waals surface area contributed by atoms with E-state index in [-0.39, 0.29) is 0 Å². The molecule has 0 spiro atoms. The van der Waals surface area contributed by atoms with E-state index in [9.17, 15) is 0 Å². The molecule has 0 bridgehead atoms. The molecule has 0 aliphatic rings. The van der Waals surface area contributed by atoms with Gasteiger partial charge in [-0.1, -0.05) is 24.3 Å². The van der Waals surface area contributed by atoms with E-state index >= 15 is 0 Å². The molecule has 0 aliphatic carbocycles. The van der Waals surface area contributed by atoms with E-state index in [2.05, 4.69) is 79.5 Å². The van der Waals surface area contributed by atoms with Gasteiger partial charge in [-0.3, -0.25) is 0 Å². The van der Waals surface area contributed by atoms with Crippen molar-refractivity contribution in [3.05, 3.63) is 72.8 Å². The number of anilines is 4. The Morgan fingerprint density at radius 3 is 1.33 bits per heavy atom. The molecule has 0 aliphatic heterocycles. The molecule has 0 heterocycles. The third-order valence-electron chi connectivity index (χ3n) is 4.25. The van der Waals surface area contributed by atoms with Gasteiger partial charge in [0.05, 0.1) is 0 Å². The second-order valence-electron chi connectivity index (χ2n) is 6.14. The Balaban J connectivity index is 1.81. The van der Waals surface area contributed by atoms with Gasteiger partial charge in [0, 0.05) is 43.9 Å². The van der Waals surface area contributed by atoms with Crippen LogP contribution in [0.3, 0.4) is 0 Å². The molecule has 3 nitrogen and oxygen atoms in total. The Hall–Kier alpha value is -2.94. The summed E-state index contributed by atoms with van der Waals surface area (Å²) in [6, 6.07) is 25.1. The first-order valence-electron chi connectivity index (χ1n) is 8.02. The molecular formula is C21H23N3. The molecule has 0 saturated carbocycles. The lowest BCUT2D eigenvalue weighted by atomic mass is 10.0. The quantitative estimate of drug-likeness (QED) is 0.704. The molecule has 2 N–H and O–H groups in total. The van der Waals surface area contributed by atoms with E-state index in [1.807, 2.05) is 24.3 Å². The van der Waals surface area contributed by atoms with Gasteiger partial charge in [0.1, 0.15) is 0 Å². The first-order chi connectivity index (χ1) is 11.5. The summed E-state index contributed by atoms with van der Waals surface area (Å²) in [7, 11) is 6.17. The average Bonchev–Trinajstić information content (AvgIpc) is 2.62. The van der Waals surface area contributed by atoms with Gasteiger partial charge in [-0.25, -0.2) is 0 Å². The van der Waals surface area contributed by atoms with Crippen LogP contribution in [0.25, 0.3) is 11.1 Å². The van der Waals surface area contributed by atoms with Gasteiger partial charge in [-0.05, 0) is 59.7 Å². The zero-order valence-corrected chi connectivity index (χ0v) is 14.4. The monoisotopic (exact) mass is 317 g/mol. The molecule has 122 valence electrons. The molecule has 3 heteroatoms. The van der Waals surface area contributed by atoms with Crippen LogP contribution < -0.4 is 15.5 Å². The summed E-state index contributed by atoms with van der Waals surface area (Å²) in [5.41, 5.74) is 12.5. The lowest BCUT2D eigenvalue weighted by Gasteiger charge is -2.20. The SMILES string of the molecule is CN(C)c1ccc(-c2ccc(N(C)c3ccc(N)cc3)cc2)cc1. The van der Waals surface area contributed by atoms with E-state index in [0.29, 0.717) is 0 Å². The summed E-state index contributed by atoms with van der Waals surface area (Å²) in [6.07, 6.45) is 0. The molecule has 0 unspecified atom stereocenters. The summed E-state index contributed by atoms with van der Waals surface area (Å²) < 4.78 is 0. The van der Waals surface area contributed by atoms with Crippen LogP contribution in [0.1, 0.15) is 0 Å². The van der Waals surface area contributed by atoms with Crippen LogP contribution in [0.4, 0.5) is 22.7 Å². The van der Waals surface area contributed by atoms with Crippen LogP contribution in [-0.4, -0.2) is 21.1 Å². The number of nitrogen functional groups attached to an aromatic ring is 1. The normalized spacial score (nSPS) is 10.5. The number of hydrogen-bond acceptors (Lipinski definition) is 3. The Labute approximate surface area is 143 Å². The van der Waals surface area contributed by atoms with Crippen molar-refractivity contribution in [2.75, 3.05) is 36.7 Å². The highest BCUT2D eigenvalue weighted by molar-refractivity contribution is 5.71. The summed E-state index contributed by atoms with van der Waals surface area (Å²) in [6.45, 7) is 0. The van der Waals surface area contributed by atoms with Crippen LogP contribution in [0, 0.1) is 0 Å². The van der Waals surface area contributed by atoms with Crippen molar-refractivity contribution in [3.8, 4) is 11.1 Å². The van der Waals surface area contributed by atoms with Crippen molar-refractivity contribution in [3.63, 3.8) is 0 Å². The molecular weight excluding hydrogens is 294 g/mol. The maximum Gasteiger partial charge on any atom is 0.0409 e. The van der Waals surface area contributed by atoms with Gasteiger partial charge in [0.2, 0.25) is 0 Å². The van der Waals surface area contributed by atoms with E-state index in [1.54, 1.807) is 0 Å². The van der Waals surface area contributed by atoms with Crippen LogP contribution in [0.5, 0.6) is 0 Å². The summed E-state index contributed by atoms with van der Waals surface area (Å²) >= 11 is 0. The third-order valence-corrected chi connectivity index (χ3v) is 4.25. The van der Waals surface area contributed by atoms with Crippen molar-refractivity contribution in [1.82, 2.24) is 0 Å². The van der Waals surface area contributed by atoms with Crippen LogP contribution in [0.2, 0.25) is 0 Å². The van der Waals surface area contributed by atoms with Crippen molar-refractivity contribution in [2.24, 2.45) is 0 Å². The topological polar surface area (TPSA) is 32.5 Å². The minimum absolute atomic E-state index is 0.781. The predicted octanol–water partition coefficient (Wildman–Crippen LogP) is 4.77. The largest absolute Gasteiger partial charge is 0.399 e. The maximum atomic E-state index is 5.76. The number of benzene rings is 3. The Morgan fingerprint density at radius 2 is 0.917 bits per heavy atom. The lowest BCUT2D eigenvalue weighted by molar-refractivity contribution is 1.13. The fraction of sp³-hybridized carbons (Fsp3) is 0.143. The zero-order valence-electron chi connectivity index (χ0n) is 14.4. The molecule has 3 aromatic rings. The highest BCUT2D eigenvalue weighted by atomic mass is 15.1. The first kappa shape index (κ1) is 15.9. The highest BCUT2D eigenvalue weighted by Crippen LogP contribution is 2.28. The molecule has 3 aromatic carbocycles. The molecule has 0 radical (unpaired) electrons. The summed E-state index contributed by atoms with van der Waals surface area (Å²) in [5, 5.41) is 0. The minimum Gasteiger partial charge on any atom is -0.399 e. The van der Waals surface area contributed by atoms with Crippen molar-refractivity contribution in [1.29, 1.82) is 0 Å². The first-order valence-corrected chi connectivity index (χ1v) is 8.02. The summed E-state index contributed by atoms with van der Waals surface area (Å²) in [4.78, 5) is 4.26. The minimum atomic E-state index is 0.781. The lowest BCUT2D eigenvalue weighted by Crippen LogP contribution is -2.09. The zero-order chi connectivity index (χ0) is 17.1. The molecule has 0 atom stereocenters. The third kappa shape index (κ3) is 3.35. The standard InChI is InChI=1S/C21H23N3/c1-23(2)19-10-4-16(5-11-19)17-6-12-20(13-7-17)24(3)21-14-8-18(22)9-15-21/h4-15H,22H2,1-3H3. The fourth-order valence-corrected chi connectivity index (χ4v) is 2.68. The number of nitrogens with two attached hydrogens (primary N) is 1. The van der Waals surface area contributed by atoms with Crippen molar-refractivity contribution >= 4 is 22.7 Å². The second-order valence-corrected chi connectivity index (χ2v) is 6.14. The molecule has 0 amide bonds. The van der Waals surface area contributed by atoms with Crippen LogP contribution in [-0.2, 0) is 0 Å². The molecule has 0 fully saturated rings. The Morgan fingerprint density at radius 1 is 0.542 bits per heavy atom. The predicted molar refractivity (Wildman–Crippen MR) is 105 cm³/mol. The van der Waals surface area contributed by atoms with Gasteiger partial charge in [0.25, 0.3) is 0 Å². The van der Waals surface area contributed by atoms with Gasteiger partial charge in [0.15, 0.2) is 0 Å². The van der Waals surface area contributed by atoms with Gasteiger partial charge in [-0.2, -0.15) is 0 Å². The molecule has 0 aromatic heterocycles. The average molecular weight is 317 g/mol. The molecule has 0 saturated heterocycles. The van der Waals surface area contributed by atoms with E-state index < -0.39 is 0 Å². The van der Waals surface area contributed by atoms with Gasteiger partial charge >= 0.3 is 0 Å². The van der Waals surface area contributed by atoms with Gasteiger partial charge < -0.3 is 15.5 Å². The second kappa shape index (κ2) is 6.67. The maximum absolute atomic E-state index is 5.76. The van der Waals surface area contributed by atoms with Crippen molar-refractivity contribution < 1.29 is 0 Å². The Kier molecular flexibility index (Phi) is 4.43. The van der Waals surface area contributed by atoms with Crippen LogP contribution >= 0.6 is 0 Å². The summed E-state index contributed by atoms with van der Waals surface area (Å²) in [5.74, 6) is 0. The van der Waals surface area contributed by atoms with Crippen molar-refractivity contribution in [2.45, 2.75) is 0 Å². The van der Waals surface area contributed by atoms with E-state index in [4.69, 9.17) is 5.73 Å².